The molecule has 0 aliphatic heterocycles. The number of halogens is 4. The summed E-state index contributed by atoms with van der Waals surface area (Å²) in [6.45, 7) is 0. The zero-order valence-corrected chi connectivity index (χ0v) is 12.1. The maximum absolute atomic E-state index is 13.7. The van der Waals surface area contributed by atoms with Crippen molar-refractivity contribution < 1.29 is 34.6 Å². The van der Waals surface area contributed by atoms with Gasteiger partial charge in [-0.1, -0.05) is 6.07 Å². The summed E-state index contributed by atoms with van der Waals surface area (Å²) >= 11 is 0. The number of hydrogen-bond donors (Lipinski definition) is 0. The predicted molar refractivity (Wildman–Crippen MR) is 73.3 cm³/mol. The molecule has 0 spiro atoms. The number of nitrogens with zero attached hydrogens (tertiary/aromatic N) is 1. The summed E-state index contributed by atoms with van der Waals surface area (Å²) in [7, 11) is -5.94. The summed E-state index contributed by atoms with van der Waals surface area (Å²) in [4.78, 5) is 15.6. The summed E-state index contributed by atoms with van der Waals surface area (Å²) in [5.74, 6) is -1.86. The van der Waals surface area contributed by atoms with Crippen LogP contribution in [-0.4, -0.2) is 18.9 Å². The average Bonchev–Trinajstić information content (AvgIpc) is 2.47. The molecule has 0 radical (unpaired) electrons. The molecule has 2 heterocycles. The molecule has 0 aliphatic carbocycles. The Balaban J connectivity index is 2.21. The number of aromatic nitrogens is 1. The first-order valence-electron chi connectivity index (χ1n) is 6.13. The Kier molecular flexibility index (Phi) is 3.48. The highest BCUT2D eigenvalue weighted by Crippen LogP contribution is 2.27. The number of alkyl halides is 3. The molecule has 0 unspecified atom stereocenters. The van der Waals surface area contributed by atoms with Crippen LogP contribution in [0, 0.1) is 5.82 Å². The minimum absolute atomic E-state index is 0.0964. The maximum atomic E-state index is 13.7. The molecule has 3 aromatic rings. The lowest BCUT2D eigenvalue weighted by molar-refractivity contribution is -0.0501. The van der Waals surface area contributed by atoms with Crippen molar-refractivity contribution in [1.82, 2.24) is 4.98 Å². The SMILES string of the molecule is O=c1c2ccc(OS(=O)(=O)C(F)(F)F)nc2oc2c(F)cccc12. The standard InChI is InChI=1S/C13H5F4NO5S/c14-8-3-1-2-6-10(19)7-4-5-9(18-12(7)22-11(6)8)23-24(20,21)13(15,16)17/h1-5H. The van der Waals surface area contributed by atoms with Gasteiger partial charge in [0.05, 0.1) is 10.8 Å². The molecule has 0 N–H and O–H groups in total. The Labute approximate surface area is 130 Å². The van der Waals surface area contributed by atoms with Crippen LogP contribution in [0.25, 0.3) is 22.1 Å². The van der Waals surface area contributed by atoms with Gasteiger partial charge in [-0.2, -0.15) is 26.6 Å². The van der Waals surface area contributed by atoms with Gasteiger partial charge < -0.3 is 8.60 Å². The second kappa shape index (κ2) is 5.16. The van der Waals surface area contributed by atoms with Crippen molar-refractivity contribution in [2.45, 2.75) is 5.51 Å². The molecule has 0 saturated carbocycles. The Hall–Kier alpha value is -2.69. The number of pyridine rings is 1. The van der Waals surface area contributed by atoms with Gasteiger partial charge in [0.15, 0.2) is 11.4 Å². The van der Waals surface area contributed by atoms with Crippen LogP contribution in [-0.2, 0) is 10.1 Å². The van der Waals surface area contributed by atoms with Gasteiger partial charge >= 0.3 is 15.6 Å². The van der Waals surface area contributed by atoms with E-state index in [-0.39, 0.29) is 10.8 Å². The zero-order chi connectivity index (χ0) is 17.7. The van der Waals surface area contributed by atoms with Crippen LogP contribution in [0.2, 0.25) is 0 Å². The molecule has 0 saturated heterocycles. The summed E-state index contributed by atoms with van der Waals surface area (Å²) in [6.07, 6.45) is 0. The molecule has 11 heteroatoms. The topological polar surface area (TPSA) is 86.5 Å². The maximum Gasteiger partial charge on any atom is 0.534 e. The van der Waals surface area contributed by atoms with Crippen molar-refractivity contribution in [3.63, 3.8) is 0 Å². The fraction of sp³-hybridized carbons (Fsp3) is 0.0769. The molecule has 2 aromatic heterocycles. The molecule has 0 aliphatic rings. The number of rotatable bonds is 2. The first kappa shape index (κ1) is 16.2. The van der Waals surface area contributed by atoms with E-state index in [1.54, 1.807) is 0 Å². The monoisotopic (exact) mass is 363 g/mol. The van der Waals surface area contributed by atoms with Crippen molar-refractivity contribution in [3.8, 4) is 5.88 Å². The van der Waals surface area contributed by atoms with Gasteiger partial charge in [-0.25, -0.2) is 4.39 Å². The van der Waals surface area contributed by atoms with Gasteiger partial charge in [0.25, 0.3) is 0 Å². The molecule has 0 fully saturated rings. The molecule has 0 amide bonds. The largest absolute Gasteiger partial charge is 0.534 e. The van der Waals surface area contributed by atoms with E-state index >= 15 is 0 Å². The smallest absolute Gasteiger partial charge is 0.434 e. The number of fused-ring (bicyclic) bond motifs is 2. The minimum atomic E-state index is -5.94. The summed E-state index contributed by atoms with van der Waals surface area (Å²) in [5.41, 5.74) is -7.35. The molecule has 6 nitrogen and oxygen atoms in total. The molecule has 0 atom stereocenters. The summed E-state index contributed by atoms with van der Waals surface area (Å²) < 4.78 is 81.4. The van der Waals surface area contributed by atoms with Crippen molar-refractivity contribution in [2.75, 3.05) is 0 Å². The van der Waals surface area contributed by atoms with Crippen LogP contribution in [0.3, 0.4) is 0 Å². The Morgan fingerprint density at radius 1 is 1.08 bits per heavy atom. The third-order valence-electron chi connectivity index (χ3n) is 2.97. The van der Waals surface area contributed by atoms with Crippen LogP contribution in [0.1, 0.15) is 0 Å². The number of benzene rings is 1. The van der Waals surface area contributed by atoms with Crippen LogP contribution < -0.4 is 9.61 Å². The van der Waals surface area contributed by atoms with Gasteiger partial charge in [0.1, 0.15) is 0 Å². The van der Waals surface area contributed by atoms with E-state index < -0.39 is 44.0 Å². The molecular formula is C13H5F4NO5S. The third kappa shape index (κ3) is 2.56. The van der Waals surface area contributed by atoms with E-state index in [0.29, 0.717) is 0 Å². The van der Waals surface area contributed by atoms with Gasteiger partial charge in [-0.3, -0.25) is 4.79 Å². The van der Waals surface area contributed by atoms with E-state index in [0.717, 1.165) is 18.2 Å². The fourth-order valence-corrected chi connectivity index (χ4v) is 2.33. The first-order valence-corrected chi connectivity index (χ1v) is 7.54. The fourth-order valence-electron chi connectivity index (χ4n) is 1.91. The van der Waals surface area contributed by atoms with Crippen molar-refractivity contribution in [2.24, 2.45) is 0 Å². The van der Waals surface area contributed by atoms with Crippen LogP contribution >= 0.6 is 0 Å². The predicted octanol–water partition coefficient (Wildman–Crippen LogP) is 2.71. The average molecular weight is 363 g/mol. The number of hydrogen-bond acceptors (Lipinski definition) is 6. The van der Waals surface area contributed by atoms with Crippen LogP contribution in [0.4, 0.5) is 17.6 Å². The lowest BCUT2D eigenvalue weighted by Crippen LogP contribution is -2.28. The quantitative estimate of drug-likeness (QED) is 0.301. The first-order chi connectivity index (χ1) is 11.1. The molecule has 1 aromatic carbocycles. The van der Waals surface area contributed by atoms with Crippen LogP contribution in [0.5, 0.6) is 5.88 Å². The highest BCUT2D eigenvalue weighted by molar-refractivity contribution is 7.87. The Morgan fingerprint density at radius 2 is 1.79 bits per heavy atom. The van der Waals surface area contributed by atoms with E-state index in [2.05, 4.69) is 9.17 Å². The highest BCUT2D eigenvalue weighted by Gasteiger charge is 2.48. The molecule has 126 valence electrons. The lowest BCUT2D eigenvalue weighted by atomic mass is 10.2. The normalized spacial score (nSPS) is 12.7. The van der Waals surface area contributed by atoms with Crippen molar-refractivity contribution in [1.29, 1.82) is 0 Å². The zero-order valence-electron chi connectivity index (χ0n) is 11.3. The van der Waals surface area contributed by atoms with E-state index in [4.69, 9.17) is 4.42 Å². The summed E-state index contributed by atoms with van der Waals surface area (Å²) in [5, 5.41) is -0.272. The molecular weight excluding hydrogens is 358 g/mol. The van der Waals surface area contributed by atoms with Gasteiger partial charge in [0.2, 0.25) is 17.0 Å². The summed E-state index contributed by atoms with van der Waals surface area (Å²) in [6, 6.07) is 5.31. The third-order valence-corrected chi connectivity index (χ3v) is 3.93. The van der Waals surface area contributed by atoms with Gasteiger partial charge in [-0.15, -0.1) is 0 Å². The second-order valence-corrected chi connectivity index (χ2v) is 6.07. The van der Waals surface area contributed by atoms with Crippen molar-refractivity contribution >= 4 is 32.2 Å². The van der Waals surface area contributed by atoms with Crippen LogP contribution in [0.15, 0.2) is 39.5 Å². The van der Waals surface area contributed by atoms with E-state index in [1.165, 1.54) is 12.1 Å². The molecule has 24 heavy (non-hydrogen) atoms. The second-order valence-electron chi connectivity index (χ2n) is 4.53. The van der Waals surface area contributed by atoms with Gasteiger partial charge in [-0.05, 0) is 18.2 Å². The van der Waals surface area contributed by atoms with E-state index in [9.17, 15) is 30.8 Å². The molecule has 0 bridgehead atoms. The number of para-hydroxylation sites is 1. The van der Waals surface area contributed by atoms with Gasteiger partial charge in [0, 0.05) is 6.07 Å². The lowest BCUT2D eigenvalue weighted by Gasteiger charge is -2.09. The minimum Gasteiger partial charge on any atom is -0.434 e. The van der Waals surface area contributed by atoms with Crippen molar-refractivity contribution in [3.05, 3.63) is 46.4 Å². The molecule has 3 rings (SSSR count). The Bertz CT molecular complexity index is 1120. The van der Waals surface area contributed by atoms with E-state index in [1.807, 2.05) is 0 Å². The Morgan fingerprint density at radius 3 is 2.46 bits per heavy atom. The highest BCUT2D eigenvalue weighted by atomic mass is 32.2.